The highest BCUT2D eigenvalue weighted by molar-refractivity contribution is 6.24. The summed E-state index contributed by atoms with van der Waals surface area (Å²) in [5, 5.41) is 8.83. The van der Waals surface area contributed by atoms with Crippen molar-refractivity contribution in [3.63, 3.8) is 0 Å². The Labute approximate surface area is 197 Å². The van der Waals surface area contributed by atoms with Crippen LogP contribution in [-0.4, -0.2) is 77.6 Å². The van der Waals surface area contributed by atoms with E-state index in [1.54, 1.807) is 18.2 Å². The van der Waals surface area contributed by atoms with E-state index in [1.165, 1.54) is 0 Å². The van der Waals surface area contributed by atoms with Crippen molar-refractivity contribution >= 4 is 29.5 Å². The minimum absolute atomic E-state index is 0.0826. The minimum Gasteiger partial charge on any atom is -0.338 e. The van der Waals surface area contributed by atoms with Crippen molar-refractivity contribution in [2.75, 3.05) is 26.2 Å². The van der Waals surface area contributed by atoms with Gasteiger partial charge in [0.05, 0.1) is 16.5 Å². The molecular formula is C24H29N5O5. The molecule has 10 heteroatoms. The molecule has 4 aliphatic rings. The van der Waals surface area contributed by atoms with E-state index in [4.69, 9.17) is 0 Å². The maximum atomic E-state index is 13.2. The standard InChI is InChI=1S/C24H29N5O5/c1-24(13-28(23(24)34)15-7-9-25-10-8-15)12-26-11-14-3-2-4-16-19(14)22(33)29(21(16)32)17-5-6-18(30)27-20(17)31/h2-4,15,17,25-26H,5-13H2,1H3,(H,27,30,31). The van der Waals surface area contributed by atoms with E-state index in [1.807, 2.05) is 11.8 Å². The third-order valence-corrected chi connectivity index (χ3v) is 7.43. The zero-order valence-electron chi connectivity index (χ0n) is 19.2. The van der Waals surface area contributed by atoms with Crippen LogP contribution in [0.4, 0.5) is 0 Å². The van der Waals surface area contributed by atoms with Gasteiger partial charge >= 0.3 is 0 Å². The number of β-lactam (4-membered cyclic amide) rings is 1. The normalized spacial score (nSPS) is 27.7. The second kappa shape index (κ2) is 8.59. The van der Waals surface area contributed by atoms with Gasteiger partial charge in [-0.3, -0.25) is 34.2 Å². The summed E-state index contributed by atoms with van der Waals surface area (Å²) in [6.07, 6.45) is 2.16. The molecule has 3 saturated heterocycles. The number of nitrogens with one attached hydrogen (secondary N) is 3. The number of hydrogen-bond acceptors (Lipinski definition) is 7. The lowest BCUT2D eigenvalue weighted by Crippen LogP contribution is -2.67. The number of rotatable bonds is 6. The molecule has 3 fully saturated rings. The number of imide groups is 2. The Morgan fingerprint density at radius 3 is 2.53 bits per heavy atom. The van der Waals surface area contributed by atoms with E-state index in [0.29, 0.717) is 31.2 Å². The number of piperidine rings is 2. The molecule has 5 amide bonds. The lowest BCUT2D eigenvalue weighted by Gasteiger charge is -2.51. The van der Waals surface area contributed by atoms with E-state index in [2.05, 4.69) is 16.0 Å². The fourth-order valence-electron chi connectivity index (χ4n) is 5.52. The maximum absolute atomic E-state index is 13.2. The van der Waals surface area contributed by atoms with Crippen molar-refractivity contribution in [1.82, 2.24) is 25.8 Å². The predicted octanol–water partition coefficient (Wildman–Crippen LogP) is -0.222. The van der Waals surface area contributed by atoms with E-state index >= 15 is 0 Å². The number of nitrogens with zero attached hydrogens (tertiary/aromatic N) is 2. The molecule has 0 saturated carbocycles. The lowest BCUT2D eigenvalue weighted by molar-refractivity contribution is -0.163. The summed E-state index contributed by atoms with van der Waals surface area (Å²) in [4.78, 5) is 65.8. The highest BCUT2D eigenvalue weighted by atomic mass is 16.2. The third kappa shape index (κ3) is 3.70. The predicted molar refractivity (Wildman–Crippen MR) is 121 cm³/mol. The Hall–Kier alpha value is -3.11. The Balaban J connectivity index is 1.24. The van der Waals surface area contributed by atoms with Crippen molar-refractivity contribution in [1.29, 1.82) is 0 Å². The van der Waals surface area contributed by atoms with Crippen LogP contribution in [0.15, 0.2) is 18.2 Å². The SMILES string of the molecule is CC1(CNCc2cccc3c2C(=O)N(C2CCC(=O)NC2=O)C3=O)CN(C2CCNCC2)C1=O. The van der Waals surface area contributed by atoms with Crippen molar-refractivity contribution in [3.8, 4) is 0 Å². The summed E-state index contributed by atoms with van der Waals surface area (Å²) in [6.45, 7) is 5.32. The molecule has 34 heavy (non-hydrogen) atoms. The molecule has 4 heterocycles. The molecule has 2 atom stereocenters. The van der Waals surface area contributed by atoms with Crippen LogP contribution in [0.3, 0.4) is 0 Å². The smallest absolute Gasteiger partial charge is 0.262 e. The first kappa shape index (κ1) is 22.7. The first-order valence-electron chi connectivity index (χ1n) is 11.9. The molecule has 10 nitrogen and oxygen atoms in total. The Kier molecular flexibility index (Phi) is 5.73. The highest BCUT2D eigenvalue weighted by Crippen LogP contribution is 2.35. The average Bonchev–Trinajstić information content (AvgIpc) is 3.08. The molecule has 5 rings (SSSR count). The fraction of sp³-hybridized carbons (Fsp3) is 0.542. The molecular weight excluding hydrogens is 438 g/mol. The fourth-order valence-corrected chi connectivity index (χ4v) is 5.52. The van der Waals surface area contributed by atoms with Crippen molar-refractivity contribution in [2.24, 2.45) is 5.41 Å². The molecule has 1 aromatic rings. The largest absolute Gasteiger partial charge is 0.338 e. The van der Waals surface area contributed by atoms with Gasteiger partial charge in [0.2, 0.25) is 17.7 Å². The molecule has 0 spiro atoms. The zero-order chi connectivity index (χ0) is 24.0. The van der Waals surface area contributed by atoms with Crippen LogP contribution in [0, 0.1) is 5.41 Å². The van der Waals surface area contributed by atoms with Gasteiger partial charge in [-0.25, -0.2) is 0 Å². The molecule has 180 valence electrons. The summed E-state index contributed by atoms with van der Waals surface area (Å²) in [6, 6.07) is 4.39. The second-order valence-corrected chi connectivity index (χ2v) is 9.87. The minimum atomic E-state index is -0.988. The van der Waals surface area contributed by atoms with E-state index in [9.17, 15) is 24.0 Å². The number of hydrogen-bond donors (Lipinski definition) is 3. The van der Waals surface area contributed by atoms with Gasteiger partial charge in [-0.15, -0.1) is 0 Å². The number of benzene rings is 1. The van der Waals surface area contributed by atoms with Crippen LogP contribution in [0.2, 0.25) is 0 Å². The molecule has 0 aliphatic carbocycles. The quantitative estimate of drug-likeness (QED) is 0.390. The number of fused-ring (bicyclic) bond motifs is 1. The number of carbonyl (C=O) groups is 5. The summed E-state index contributed by atoms with van der Waals surface area (Å²) < 4.78 is 0. The molecule has 2 unspecified atom stereocenters. The van der Waals surface area contributed by atoms with Crippen molar-refractivity contribution in [3.05, 3.63) is 34.9 Å². The number of likely N-dealkylation sites (tertiary alicyclic amines) is 1. The van der Waals surface area contributed by atoms with Gasteiger partial charge < -0.3 is 15.5 Å². The molecule has 1 aromatic carbocycles. The van der Waals surface area contributed by atoms with Gasteiger partial charge in [-0.1, -0.05) is 12.1 Å². The van der Waals surface area contributed by atoms with Crippen LogP contribution in [-0.2, 0) is 20.9 Å². The van der Waals surface area contributed by atoms with Crippen LogP contribution in [0.1, 0.15) is 58.9 Å². The molecule has 3 N–H and O–H groups in total. The zero-order valence-corrected chi connectivity index (χ0v) is 19.2. The van der Waals surface area contributed by atoms with Crippen LogP contribution >= 0.6 is 0 Å². The van der Waals surface area contributed by atoms with Crippen molar-refractivity contribution in [2.45, 2.75) is 51.2 Å². The Morgan fingerprint density at radius 2 is 1.82 bits per heavy atom. The molecule has 0 bridgehead atoms. The number of amides is 5. The summed E-state index contributed by atoms with van der Waals surface area (Å²) in [5.41, 5.74) is 0.709. The second-order valence-electron chi connectivity index (χ2n) is 9.87. The first-order valence-corrected chi connectivity index (χ1v) is 11.9. The number of carbonyl (C=O) groups excluding carboxylic acids is 5. The third-order valence-electron chi connectivity index (χ3n) is 7.43. The average molecular weight is 468 g/mol. The maximum Gasteiger partial charge on any atom is 0.262 e. The van der Waals surface area contributed by atoms with Gasteiger partial charge in [0, 0.05) is 32.1 Å². The summed E-state index contributed by atoms with van der Waals surface area (Å²) in [5.74, 6) is -1.91. The molecule has 0 aromatic heterocycles. The monoisotopic (exact) mass is 467 g/mol. The molecule has 4 aliphatic heterocycles. The summed E-state index contributed by atoms with van der Waals surface area (Å²) >= 11 is 0. The van der Waals surface area contributed by atoms with Gasteiger partial charge in [-0.2, -0.15) is 0 Å². The summed E-state index contributed by atoms with van der Waals surface area (Å²) in [7, 11) is 0. The van der Waals surface area contributed by atoms with Crippen LogP contribution in [0.5, 0.6) is 0 Å². The van der Waals surface area contributed by atoms with E-state index in [-0.39, 0.29) is 29.9 Å². The van der Waals surface area contributed by atoms with Gasteiger partial charge in [0.1, 0.15) is 6.04 Å². The lowest BCUT2D eigenvalue weighted by atomic mass is 9.78. The van der Waals surface area contributed by atoms with E-state index in [0.717, 1.165) is 30.8 Å². The van der Waals surface area contributed by atoms with Gasteiger partial charge in [0.25, 0.3) is 11.8 Å². The van der Waals surface area contributed by atoms with Crippen LogP contribution < -0.4 is 16.0 Å². The Bertz CT molecular complexity index is 1080. The molecule has 0 radical (unpaired) electrons. The highest BCUT2D eigenvalue weighted by Gasteiger charge is 2.50. The van der Waals surface area contributed by atoms with E-state index < -0.39 is 35.1 Å². The van der Waals surface area contributed by atoms with Crippen LogP contribution in [0.25, 0.3) is 0 Å². The van der Waals surface area contributed by atoms with Gasteiger partial charge in [0.15, 0.2) is 0 Å². The van der Waals surface area contributed by atoms with Gasteiger partial charge in [-0.05, 0) is 50.9 Å². The topological polar surface area (TPSA) is 128 Å². The van der Waals surface area contributed by atoms with Crippen molar-refractivity contribution < 1.29 is 24.0 Å². The Morgan fingerprint density at radius 1 is 1.06 bits per heavy atom. The first-order chi connectivity index (χ1) is 16.3.